The minimum atomic E-state index is -4.01. The smallest absolute Gasteiger partial charge is 0.256 e. The van der Waals surface area contributed by atoms with E-state index in [1.54, 1.807) is 53.3 Å². The molecule has 2 amide bonds. The number of nitriles is 1. The number of nitrogens with zero attached hydrogens (tertiary/aromatic N) is 6. The summed E-state index contributed by atoms with van der Waals surface area (Å²) in [6.07, 6.45) is 3.36. The number of ether oxygens (including phenoxy) is 1. The number of benzene rings is 4. The van der Waals surface area contributed by atoms with Gasteiger partial charge in [-0.15, -0.1) is 0 Å². The summed E-state index contributed by atoms with van der Waals surface area (Å²) < 4.78 is 54.3. The molecule has 2 saturated carbocycles. The Kier molecular flexibility index (Phi) is 9.19. The lowest BCUT2D eigenvalue weighted by Crippen LogP contribution is -2.57. The molecule has 2 aromatic heterocycles. The molecule has 6 aromatic rings. The molecule has 12 nitrogen and oxygen atoms in total. The van der Waals surface area contributed by atoms with Gasteiger partial charge in [0.05, 0.1) is 46.5 Å². The molecular formula is C45H41BrFN7O5S. The molecule has 306 valence electrons. The molecule has 3 atom stereocenters. The van der Waals surface area contributed by atoms with E-state index in [2.05, 4.69) is 43.3 Å². The minimum absolute atomic E-state index is 0.0231. The normalized spacial score (nSPS) is 21.4. The Morgan fingerprint density at radius 2 is 1.68 bits per heavy atom. The van der Waals surface area contributed by atoms with E-state index < -0.39 is 38.4 Å². The molecule has 10 rings (SSSR count). The van der Waals surface area contributed by atoms with Gasteiger partial charge in [-0.2, -0.15) is 5.26 Å². The zero-order valence-electron chi connectivity index (χ0n) is 32.7. The van der Waals surface area contributed by atoms with Gasteiger partial charge in [0.15, 0.2) is 15.7 Å². The largest absolute Gasteiger partial charge is 0.494 e. The number of methoxy groups -OCH3 is 1. The van der Waals surface area contributed by atoms with E-state index in [0.29, 0.717) is 66.6 Å². The summed E-state index contributed by atoms with van der Waals surface area (Å²) in [6, 6.07) is 25.3. The predicted octanol–water partition coefficient (Wildman–Crippen LogP) is 6.99. The number of para-hydroxylation sites is 1. The van der Waals surface area contributed by atoms with Crippen LogP contribution in [-0.4, -0.2) is 81.8 Å². The molecule has 4 aromatic carbocycles. The number of carbonyl (C=O) groups is 2. The first-order valence-electron chi connectivity index (χ1n) is 20.2. The van der Waals surface area contributed by atoms with Crippen LogP contribution in [0.25, 0.3) is 33.5 Å². The van der Waals surface area contributed by atoms with Gasteiger partial charge in [0.2, 0.25) is 0 Å². The van der Waals surface area contributed by atoms with Crippen molar-refractivity contribution in [2.75, 3.05) is 26.7 Å². The number of halogens is 2. The summed E-state index contributed by atoms with van der Waals surface area (Å²) in [4.78, 5) is 35.0. The van der Waals surface area contributed by atoms with Crippen LogP contribution in [0, 0.1) is 34.9 Å². The number of sulfone groups is 1. The van der Waals surface area contributed by atoms with Crippen molar-refractivity contribution in [1.82, 2.24) is 23.9 Å². The summed E-state index contributed by atoms with van der Waals surface area (Å²) in [5.74, 6) is -0.284. The molecule has 2 unspecified atom stereocenters. The minimum Gasteiger partial charge on any atom is -0.494 e. The van der Waals surface area contributed by atoms with Crippen LogP contribution in [0.1, 0.15) is 52.0 Å². The molecule has 0 spiro atoms. The second kappa shape index (κ2) is 14.3. The van der Waals surface area contributed by atoms with Crippen molar-refractivity contribution in [3.8, 4) is 23.3 Å². The number of aromatic nitrogens is 3. The van der Waals surface area contributed by atoms with Gasteiger partial charge in [-0.3, -0.25) is 9.59 Å². The van der Waals surface area contributed by atoms with Crippen molar-refractivity contribution in [3.63, 3.8) is 0 Å². The van der Waals surface area contributed by atoms with Crippen LogP contribution in [0.15, 0.2) is 94.3 Å². The Hall–Kier alpha value is -5.56. The summed E-state index contributed by atoms with van der Waals surface area (Å²) in [7, 11) is -2.47. The molecule has 2 saturated heterocycles. The Balaban J connectivity index is 1.02. The van der Waals surface area contributed by atoms with Crippen molar-refractivity contribution in [1.29, 1.82) is 5.26 Å². The fourth-order valence-corrected chi connectivity index (χ4v) is 12.2. The lowest BCUT2D eigenvalue weighted by atomic mass is 9.97. The first kappa shape index (κ1) is 38.6. The average molecular weight is 891 g/mol. The van der Waals surface area contributed by atoms with E-state index in [1.807, 2.05) is 18.2 Å². The molecule has 4 heterocycles. The Labute approximate surface area is 354 Å². The number of likely N-dealkylation sites (tertiary alicyclic amines) is 2. The fraction of sp³-hybridized carbons (Fsp3) is 0.333. The van der Waals surface area contributed by atoms with Crippen molar-refractivity contribution in [2.45, 2.75) is 54.6 Å². The zero-order chi connectivity index (χ0) is 41.7. The quantitative estimate of drug-likeness (QED) is 0.154. The van der Waals surface area contributed by atoms with E-state index in [-0.39, 0.29) is 34.4 Å². The Morgan fingerprint density at radius 3 is 2.42 bits per heavy atom. The van der Waals surface area contributed by atoms with Crippen LogP contribution < -0.4 is 10.5 Å². The maximum atomic E-state index is 14.8. The van der Waals surface area contributed by atoms with E-state index in [0.717, 1.165) is 46.5 Å². The SMILES string of the molecule is COc1cc(C(=O)N2CC3CCC2[C@]3(N)S(=O)(=O)c2ccc(Br)cc2)cc2nc(-c3cc4ccccc4n3CC3CC3)n(CC3CN(C(=O)c4cc(C#N)ccc4F)C3)c12. The Morgan fingerprint density at radius 1 is 0.933 bits per heavy atom. The molecule has 60 heavy (non-hydrogen) atoms. The highest BCUT2D eigenvalue weighted by molar-refractivity contribution is 9.10. The van der Waals surface area contributed by atoms with E-state index >= 15 is 0 Å². The van der Waals surface area contributed by atoms with Crippen molar-refractivity contribution >= 4 is 59.5 Å². The van der Waals surface area contributed by atoms with Crippen LogP contribution in [0.5, 0.6) is 5.75 Å². The van der Waals surface area contributed by atoms with Crippen LogP contribution in [0.2, 0.25) is 0 Å². The molecule has 15 heteroatoms. The number of piperidine rings is 1. The zero-order valence-corrected chi connectivity index (χ0v) is 35.1. The second-order valence-electron chi connectivity index (χ2n) is 16.7. The topological polar surface area (TPSA) is 157 Å². The van der Waals surface area contributed by atoms with Gasteiger partial charge in [-0.05, 0) is 98.3 Å². The third kappa shape index (κ3) is 6.05. The predicted molar refractivity (Wildman–Crippen MR) is 226 cm³/mol. The van der Waals surface area contributed by atoms with Crippen LogP contribution in [0.3, 0.4) is 0 Å². The summed E-state index contributed by atoms with van der Waals surface area (Å²) in [6.45, 7) is 2.20. The number of amides is 2. The fourth-order valence-electron chi connectivity index (χ4n) is 9.76. The first-order valence-corrected chi connectivity index (χ1v) is 22.4. The number of imidazole rings is 1. The molecule has 2 aliphatic carbocycles. The number of hydrogen-bond donors (Lipinski definition) is 1. The number of fused-ring (bicyclic) bond motifs is 4. The lowest BCUT2D eigenvalue weighted by Gasteiger charge is -2.40. The van der Waals surface area contributed by atoms with Crippen LogP contribution in [-0.2, 0) is 22.9 Å². The molecular weight excluding hydrogens is 850 g/mol. The molecule has 4 aliphatic rings. The average Bonchev–Trinajstić information content (AvgIpc) is 3.63. The third-order valence-corrected chi connectivity index (χ3v) is 16.0. The number of nitrogens with two attached hydrogens (primary N) is 1. The van der Waals surface area contributed by atoms with Gasteiger partial charge in [0, 0.05) is 65.5 Å². The summed E-state index contributed by atoms with van der Waals surface area (Å²) >= 11 is 3.38. The van der Waals surface area contributed by atoms with Crippen molar-refractivity contribution in [2.24, 2.45) is 23.5 Å². The molecule has 2 aliphatic heterocycles. The highest BCUT2D eigenvalue weighted by Gasteiger charge is 2.64. The number of rotatable bonds is 10. The molecule has 2 N–H and O–H groups in total. The molecule has 0 radical (unpaired) electrons. The van der Waals surface area contributed by atoms with Gasteiger partial charge in [0.1, 0.15) is 22.0 Å². The van der Waals surface area contributed by atoms with Gasteiger partial charge >= 0.3 is 0 Å². The van der Waals surface area contributed by atoms with Gasteiger partial charge in [0.25, 0.3) is 11.8 Å². The maximum Gasteiger partial charge on any atom is 0.256 e. The molecule has 4 fully saturated rings. The lowest BCUT2D eigenvalue weighted by molar-refractivity contribution is 0.0466. The summed E-state index contributed by atoms with van der Waals surface area (Å²) in [5.41, 5.74) is 10.5. The van der Waals surface area contributed by atoms with Crippen molar-refractivity contribution in [3.05, 3.63) is 112 Å². The number of hydrogen-bond acceptors (Lipinski definition) is 8. The van der Waals surface area contributed by atoms with Gasteiger partial charge in [-0.1, -0.05) is 34.1 Å². The van der Waals surface area contributed by atoms with E-state index in [4.69, 9.17) is 15.5 Å². The van der Waals surface area contributed by atoms with Crippen LogP contribution in [0.4, 0.5) is 4.39 Å². The number of carbonyl (C=O) groups excluding carboxylic acids is 2. The highest BCUT2D eigenvalue weighted by Crippen LogP contribution is 2.50. The molecule has 2 bridgehead atoms. The maximum absolute atomic E-state index is 14.8. The Bertz CT molecular complexity index is 2920. The van der Waals surface area contributed by atoms with Gasteiger partial charge in [-0.25, -0.2) is 17.8 Å². The third-order valence-electron chi connectivity index (χ3n) is 13.1. The first-order chi connectivity index (χ1) is 28.9. The van der Waals surface area contributed by atoms with Gasteiger partial charge < -0.3 is 29.4 Å². The summed E-state index contributed by atoms with van der Waals surface area (Å²) in [5, 5.41) is 10.4. The highest BCUT2D eigenvalue weighted by atomic mass is 79.9. The van der Waals surface area contributed by atoms with Crippen molar-refractivity contribution < 1.29 is 27.1 Å². The van der Waals surface area contributed by atoms with E-state index in [9.17, 15) is 27.7 Å². The van der Waals surface area contributed by atoms with Crippen LogP contribution >= 0.6 is 15.9 Å². The standard InChI is InChI=1S/C45H41BrFN7O5S/c1-59-39-19-30(43(55)53-25-31-9-15-40(53)45(31,49)60(57,58)33-12-10-32(46)11-13-33)17-36-41(39)54(24-28-21-51(22-28)44(56)34-16-27(20-48)8-14-35(34)47)42(50-36)38-18-29-4-2-3-5-37(29)52(38)23-26-6-7-26/h2-5,8,10-14,16-19,26,28,31,40H,6-7,9,15,21-25,49H2,1H3/t31?,40?,45-/m1/s1. The van der Waals surface area contributed by atoms with E-state index in [1.165, 1.54) is 12.1 Å². The monoisotopic (exact) mass is 889 g/mol. The second-order valence-corrected chi connectivity index (χ2v) is 19.8.